The fourth-order valence-electron chi connectivity index (χ4n) is 2.56. The van der Waals surface area contributed by atoms with E-state index in [4.69, 9.17) is 10.5 Å². The second kappa shape index (κ2) is 5.07. The van der Waals surface area contributed by atoms with E-state index < -0.39 is 29.9 Å². The SMILES string of the molecule is Nc1nc2c(ncn2[C@@H]2O[C@H](CO)[C@@H](CO)[C@H]2O)c(=O)[nH]1. The van der Waals surface area contributed by atoms with Crippen LogP contribution in [0.1, 0.15) is 6.23 Å². The lowest BCUT2D eigenvalue weighted by Crippen LogP contribution is -2.30. The van der Waals surface area contributed by atoms with Gasteiger partial charge in [-0.2, -0.15) is 4.98 Å². The van der Waals surface area contributed by atoms with Crippen molar-refractivity contribution in [2.75, 3.05) is 18.9 Å². The first-order valence-corrected chi connectivity index (χ1v) is 6.34. The zero-order chi connectivity index (χ0) is 15.1. The minimum atomic E-state index is -1.08. The Labute approximate surface area is 117 Å². The van der Waals surface area contributed by atoms with E-state index in [0.29, 0.717) is 0 Å². The Balaban J connectivity index is 2.07. The Morgan fingerprint density at radius 3 is 2.81 bits per heavy atom. The highest BCUT2D eigenvalue weighted by molar-refractivity contribution is 5.70. The molecular formula is C11H15N5O5. The minimum absolute atomic E-state index is 0.0630. The van der Waals surface area contributed by atoms with Crippen molar-refractivity contribution in [1.29, 1.82) is 0 Å². The lowest BCUT2D eigenvalue weighted by Gasteiger charge is -2.17. The molecule has 0 bridgehead atoms. The minimum Gasteiger partial charge on any atom is -0.396 e. The van der Waals surface area contributed by atoms with Crippen LogP contribution in [0.25, 0.3) is 11.2 Å². The van der Waals surface area contributed by atoms with Crippen molar-refractivity contribution in [1.82, 2.24) is 19.5 Å². The molecule has 3 rings (SSSR count). The summed E-state index contributed by atoms with van der Waals surface area (Å²) in [6.07, 6.45) is -1.41. The van der Waals surface area contributed by atoms with Gasteiger partial charge in [-0.1, -0.05) is 0 Å². The molecular weight excluding hydrogens is 282 g/mol. The summed E-state index contributed by atoms with van der Waals surface area (Å²) in [5.74, 6) is -0.726. The van der Waals surface area contributed by atoms with Crippen LogP contribution in [-0.4, -0.2) is 60.3 Å². The third-order valence-corrected chi connectivity index (χ3v) is 3.64. The van der Waals surface area contributed by atoms with Gasteiger partial charge < -0.3 is 25.8 Å². The van der Waals surface area contributed by atoms with Gasteiger partial charge in [-0.05, 0) is 0 Å². The molecule has 0 aromatic carbocycles. The van der Waals surface area contributed by atoms with Crippen molar-refractivity contribution in [2.24, 2.45) is 5.92 Å². The number of hydrogen-bond acceptors (Lipinski definition) is 8. The van der Waals surface area contributed by atoms with Crippen molar-refractivity contribution in [3.63, 3.8) is 0 Å². The van der Waals surface area contributed by atoms with Crippen molar-refractivity contribution < 1.29 is 20.1 Å². The monoisotopic (exact) mass is 297 g/mol. The maximum atomic E-state index is 11.7. The number of aromatic nitrogens is 4. The molecule has 0 saturated carbocycles. The fourth-order valence-corrected chi connectivity index (χ4v) is 2.56. The van der Waals surface area contributed by atoms with Crippen LogP contribution in [0.5, 0.6) is 0 Å². The first kappa shape index (κ1) is 13.9. The van der Waals surface area contributed by atoms with E-state index in [2.05, 4.69) is 15.0 Å². The van der Waals surface area contributed by atoms with Gasteiger partial charge in [0.15, 0.2) is 17.4 Å². The van der Waals surface area contributed by atoms with Gasteiger partial charge in [0.25, 0.3) is 5.56 Å². The second-order valence-electron chi connectivity index (χ2n) is 4.86. The van der Waals surface area contributed by atoms with E-state index in [-0.39, 0.29) is 30.3 Å². The number of anilines is 1. The molecule has 2 aromatic rings. The molecule has 2 aromatic heterocycles. The topological polar surface area (TPSA) is 160 Å². The summed E-state index contributed by atoms with van der Waals surface area (Å²) in [6.45, 7) is -0.687. The van der Waals surface area contributed by atoms with Gasteiger partial charge in [-0.15, -0.1) is 0 Å². The number of fused-ring (bicyclic) bond motifs is 1. The van der Waals surface area contributed by atoms with Crippen molar-refractivity contribution in [3.8, 4) is 0 Å². The van der Waals surface area contributed by atoms with Gasteiger partial charge in [0.2, 0.25) is 5.95 Å². The molecule has 21 heavy (non-hydrogen) atoms. The van der Waals surface area contributed by atoms with Crippen LogP contribution >= 0.6 is 0 Å². The summed E-state index contributed by atoms with van der Waals surface area (Å²) >= 11 is 0. The second-order valence-corrected chi connectivity index (χ2v) is 4.86. The van der Waals surface area contributed by atoms with Crippen molar-refractivity contribution in [2.45, 2.75) is 18.4 Å². The van der Waals surface area contributed by atoms with E-state index in [0.717, 1.165) is 0 Å². The van der Waals surface area contributed by atoms with Crippen LogP contribution in [0, 0.1) is 5.92 Å². The average Bonchev–Trinajstić information content (AvgIpc) is 2.99. The molecule has 0 radical (unpaired) electrons. The highest BCUT2D eigenvalue weighted by Crippen LogP contribution is 2.34. The summed E-state index contributed by atoms with van der Waals surface area (Å²) in [5.41, 5.74) is 5.23. The third-order valence-electron chi connectivity index (χ3n) is 3.64. The van der Waals surface area contributed by atoms with Crippen LogP contribution in [0.2, 0.25) is 0 Å². The molecule has 10 heteroatoms. The van der Waals surface area contributed by atoms with Gasteiger partial charge in [0.1, 0.15) is 6.10 Å². The average molecular weight is 297 g/mol. The molecule has 1 aliphatic rings. The number of imidazole rings is 1. The number of aromatic amines is 1. The number of aliphatic hydroxyl groups excluding tert-OH is 3. The number of hydrogen-bond donors (Lipinski definition) is 5. The quantitative estimate of drug-likeness (QED) is 0.417. The molecule has 10 nitrogen and oxygen atoms in total. The molecule has 0 amide bonds. The van der Waals surface area contributed by atoms with Crippen LogP contribution in [0.4, 0.5) is 5.95 Å². The number of aliphatic hydroxyl groups is 3. The lowest BCUT2D eigenvalue weighted by atomic mass is 9.99. The van der Waals surface area contributed by atoms with Gasteiger partial charge in [-0.3, -0.25) is 14.3 Å². The molecule has 6 N–H and O–H groups in total. The van der Waals surface area contributed by atoms with Gasteiger partial charge in [-0.25, -0.2) is 4.98 Å². The van der Waals surface area contributed by atoms with E-state index in [1.165, 1.54) is 10.9 Å². The van der Waals surface area contributed by atoms with Crippen LogP contribution in [-0.2, 0) is 4.74 Å². The summed E-state index contributed by atoms with van der Waals surface area (Å²) in [5, 5.41) is 28.8. The smallest absolute Gasteiger partial charge is 0.280 e. The number of nitrogens with two attached hydrogens (primary N) is 1. The zero-order valence-electron chi connectivity index (χ0n) is 10.9. The first-order valence-electron chi connectivity index (χ1n) is 6.34. The summed E-state index contributed by atoms with van der Waals surface area (Å²) in [4.78, 5) is 21.9. The maximum Gasteiger partial charge on any atom is 0.280 e. The third kappa shape index (κ3) is 2.08. The molecule has 0 aliphatic carbocycles. The summed E-state index contributed by atoms with van der Waals surface area (Å²) in [7, 11) is 0. The summed E-state index contributed by atoms with van der Waals surface area (Å²) < 4.78 is 6.89. The molecule has 4 atom stereocenters. The Kier molecular flexibility index (Phi) is 3.37. The number of H-pyrrole nitrogens is 1. The fraction of sp³-hybridized carbons (Fsp3) is 0.545. The van der Waals surface area contributed by atoms with E-state index in [1.807, 2.05) is 0 Å². The standard InChI is InChI=1S/C11H15N5O5/c12-11-14-8-6(9(20)15-11)13-3-16(8)10-7(19)4(1-17)5(2-18)21-10/h3-5,7,10,17-19H,1-2H2,(H3,12,14,15,20)/t4-,5-,7-,10-/m1/s1. The first-order chi connectivity index (χ1) is 10.1. The van der Waals surface area contributed by atoms with Crippen molar-refractivity contribution >= 4 is 17.1 Å². The van der Waals surface area contributed by atoms with Crippen molar-refractivity contribution in [3.05, 3.63) is 16.7 Å². The summed E-state index contributed by atoms with van der Waals surface area (Å²) in [6, 6.07) is 0. The van der Waals surface area contributed by atoms with Crippen LogP contribution in [0.3, 0.4) is 0 Å². The predicted molar refractivity (Wildman–Crippen MR) is 70.1 cm³/mol. The number of nitrogens with zero attached hydrogens (tertiary/aromatic N) is 3. The van der Waals surface area contributed by atoms with Crippen LogP contribution in [0.15, 0.2) is 11.1 Å². The van der Waals surface area contributed by atoms with Crippen LogP contribution < -0.4 is 11.3 Å². The molecule has 3 heterocycles. The largest absolute Gasteiger partial charge is 0.396 e. The van der Waals surface area contributed by atoms with E-state index >= 15 is 0 Å². The van der Waals surface area contributed by atoms with Gasteiger partial charge >= 0.3 is 0 Å². The number of nitrogen functional groups attached to an aromatic ring is 1. The van der Waals surface area contributed by atoms with E-state index in [9.17, 15) is 20.1 Å². The number of nitrogens with one attached hydrogen (secondary N) is 1. The van der Waals surface area contributed by atoms with Gasteiger partial charge in [0, 0.05) is 5.92 Å². The molecule has 0 unspecified atom stereocenters. The maximum absolute atomic E-state index is 11.7. The highest BCUT2D eigenvalue weighted by atomic mass is 16.5. The molecule has 1 saturated heterocycles. The lowest BCUT2D eigenvalue weighted by molar-refractivity contribution is -0.0496. The zero-order valence-corrected chi connectivity index (χ0v) is 10.9. The Bertz CT molecular complexity index is 713. The molecule has 114 valence electrons. The predicted octanol–water partition coefficient (Wildman–Crippen LogP) is -2.44. The Hall–Kier alpha value is -2.01. The molecule has 1 fully saturated rings. The van der Waals surface area contributed by atoms with Gasteiger partial charge in [0.05, 0.1) is 25.6 Å². The molecule has 0 spiro atoms. The molecule has 1 aliphatic heterocycles. The number of ether oxygens (including phenoxy) is 1. The Morgan fingerprint density at radius 1 is 1.43 bits per heavy atom. The Morgan fingerprint density at radius 2 is 2.19 bits per heavy atom. The van der Waals surface area contributed by atoms with E-state index in [1.54, 1.807) is 0 Å². The highest BCUT2D eigenvalue weighted by Gasteiger charge is 2.44. The number of rotatable bonds is 3. The normalized spacial score (nSPS) is 29.3.